The summed E-state index contributed by atoms with van der Waals surface area (Å²) in [5.74, 6) is -0.131. The molecule has 14 nitrogen and oxygen atoms in total. The summed E-state index contributed by atoms with van der Waals surface area (Å²) in [6, 6.07) is 22.8. The maximum absolute atomic E-state index is 13.2. The normalized spacial score (nSPS) is 13.6. The Morgan fingerprint density at radius 3 is 2.33 bits per heavy atom. The Morgan fingerprint density at radius 1 is 0.948 bits per heavy atom. The van der Waals surface area contributed by atoms with Crippen molar-refractivity contribution in [3.05, 3.63) is 141 Å². The highest BCUT2D eigenvalue weighted by molar-refractivity contribution is 7.92. The van der Waals surface area contributed by atoms with Crippen molar-refractivity contribution in [3.8, 4) is 22.2 Å². The number of aromatic amines is 1. The lowest BCUT2D eigenvalue weighted by atomic mass is 9.96. The number of pyridine rings is 1. The van der Waals surface area contributed by atoms with Crippen molar-refractivity contribution in [2.75, 3.05) is 4.72 Å². The molecule has 8 rings (SSSR count). The number of carbonyl (C=O) groups is 2. The maximum atomic E-state index is 13.2. The zero-order chi connectivity index (χ0) is 40.9. The third-order valence-electron chi connectivity index (χ3n) is 10.2. The van der Waals surface area contributed by atoms with Gasteiger partial charge in [0.25, 0.3) is 15.9 Å². The van der Waals surface area contributed by atoms with Gasteiger partial charge in [-0.25, -0.2) is 8.42 Å². The van der Waals surface area contributed by atoms with Crippen molar-refractivity contribution in [3.63, 3.8) is 0 Å². The monoisotopic (exact) mass is 809 g/mol. The summed E-state index contributed by atoms with van der Waals surface area (Å²) in [7, 11) is -4.00. The molecule has 1 aliphatic rings. The molecular formula is C42H35N9O5S2. The molecule has 0 bridgehead atoms. The van der Waals surface area contributed by atoms with Crippen LogP contribution in [0, 0.1) is 39.0 Å². The number of aromatic nitrogens is 5. The molecule has 0 unspecified atom stereocenters. The van der Waals surface area contributed by atoms with Gasteiger partial charge in [0, 0.05) is 39.3 Å². The number of carbonyl (C=O) groups excluding carboxylic acids is 1. The first-order chi connectivity index (χ1) is 27.8. The van der Waals surface area contributed by atoms with Gasteiger partial charge in [-0.3, -0.25) is 28.9 Å². The number of aliphatic carboxylic acids is 1. The van der Waals surface area contributed by atoms with E-state index in [2.05, 4.69) is 43.2 Å². The Balaban J connectivity index is 0.942. The molecule has 1 aliphatic heterocycles. The van der Waals surface area contributed by atoms with Crippen LogP contribution in [0.25, 0.3) is 27.0 Å². The van der Waals surface area contributed by atoms with E-state index in [0.717, 1.165) is 43.3 Å². The Bertz CT molecular complexity index is 2960. The lowest BCUT2D eigenvalue weighted by molar-refractivity contribution is -0.137. The molecule has 3 aromatic carbocycles. The molecule has 290 valence electrons. The number of fused-ring (bicyclic) bond motifs is 4. The van der Waals surface area contributed by atoms with Crippen LogP contribution >= 0.6 is 11.3 Å². The smallest absolute Gasteiger partial charge is 0.306 e. The van der Waals surface area contributed by atoms with Crippen molar-refractivity contribution in [1.82, 2.24) is 30.0 Å². The third-order valence-corrected chi connectivity index (χ3v) is 12.7. The number of thiophene rings is 1. The van der Waals surface area contributed by atoms with E-state index < -0.39 is 22.0 Å². The quantitative estimate of drug-likeness (QED) is 0.111. The van der Waals surface area contributed by atoms with E-state index >= 15 is 0 Å². The number of hydrogen-bond acceptors (Lipinski definition) is 10. The minimum Gasteiger partial charge on any atom is -0.481 e. The molecule has 0 fully saturated rings. The Hall–Kier alpha value is -6.96. The highest BCUT2D eigenvalue weighted by Crippen LogP contribution is 2.40. The molecule has 1 amide bonds. The molecule has 5 heterocycles. The number of anilines is 1. The molecule has 4 aromatic heterocycles. The molecule has 58 heavy (non-hydrogen) atoms. The zero-order valence-corrected chi connectivity index (χ0v) is 33.3. The maximum Gasteiger partial charge on any atom is 0.306 e. The van der Waals surface area contributed by atoms with Crippen molar-refractivity contribution >= 4 is 55.5 Å². The molecular weight excluding hydrogens is 775 g/mol. The second-order valence-corrected chi connectivity index (χ2v) is 16.8. The van der Waals surface area contributed by atoms with Gasteiger partial charge in [-0.1, -0.05) is 42.5 Å². The Labute approximate surface area is 337 Å². The highest BCUT2D eigenvalue weighted by atomic mass is 32.2. The number of hydrogen-bond donors (Lipinski definition) is 4. The number of carboxylic acids is 1. The first kappa shape index (κ1) is 37.9. The highest BCUT2D eigenvalue weighted by Gasteiger charge is 2.32. The van der Waals surface area contributed by atoms with Gasteiger partial charge in [-0.2, -0.15) is 5.26 Å². The van der Waals surface area contributed by atoms with E-state index in [1.807, 2.05) is 61.7 Å². The third kappa shape index (κ3) is 6.90. The molecule has 0 saturated carbocycles. The molecule has 7 aromatic rings. The summed E-state index contributed by atoms with van der Waals surface area (Å²) < 4.78 is 30.9. The van der Waals surface area contributed by atoms with Crippen LogP contribution in [-0.4, -0.2) is 55.8 Å². The van der Waals surface area contributed by atoms with Crippen LogP contribution in [0.1, 0.15) is 72.9 Å². The summed E-state index contributed by atoms with van der Waals surface area (Å²) in [4.78, 5) is 38.3. The molecule has 1 atom stereocenters. The average Bonchev–Trinajstić information content (AvgIpc) is 3.89. The largest absolute Gasteiger partial charge is 0.481 e. The summed E-state index contributed by atoms with van der Waals surface area (Å²) in [6.07, 6.45) is 2.55. The Morgan fingerprint density at radius 2 is 1.66 bits per heavy atom. The van der Waals surface area contributed by atoms with E-state index in [1.165, 1.54) is 18.3 Å². The van der Waals surface area contributed by atoms with Crippen LogP contribution in [0.15, 0.2) is 95.1 Å². The van der Waals surface area contributed by atoms with E-state index in [9.17, 15) is 28.4 Å². The minimum atomic E-state index is -4.00. The number of carboxylic acid groups (broad SMARTS) is 1. The van der Waals surface area contributed by atoms with E-state index in [4.69, 9.17) is 4.99 Å². The lowest BCUT2D eigenvalue weighted by Crippen LogP contribution is -2.23. The van der Waals surface area contributed by atoms with Crippen LogP contribution in [0.2, 0.25) is 0 Å². The van der Waals surface area contributed by atoms with E-state index in [-0.39, 0.29) is 23.8 Å². The van der Waals surface area contributed by atoms with Crippen LogP contribution in [0.4, 0.5) is 5.69 Å². The van der Waals surface area contributed by atoms with Gasteiger partial charge in [0.05, 0.1) is 41.1 Å². The number of aryl methyl sites for hydroxylation is 3. The van der Waals surface area contributed by atoms with Gasteiger partial charge < -0.3 is 15.4 Å². The van der Waals surface area contributed by atoms with Gasteiger partial charge in [0.15, 0.2) is 5.82 Å². The first-order valence-corrected chi connectivity index (χ1v) is 20.4. The summed E-state index contributed by atoms with van der Waals surface area (Å²) in [6.45, 7) is 7.88. The van der Waals surface area contributed by atoms with Crippen LogP contribution < -0.4 is 10.0 Å². The number of nitrogens with one attached hydrogen (secondary N) is 3. The van der Waals surface area contributed by atoms with E-state index in [0.29, 0.717) is 50.8 Å². The second kappa shape index (κ2) is 14.8. The topological polar surface area (TPSA) is 208 Å². The fraction of sp³-hybridized carbons (Fsp3) is 0.167. The number of rotatable bonds is 10. The zero-order valence-electron chi connectivity index (χ0n) is 31.7. The van der Waals surface area contributed by atoms with Gasteiger partial charge in [-0.15, -0.1) is 21.5 Å². The average molecular weight is 810 g/mol. The van der Waals surface area contributed by atoms with Crippen molar-refractivity contribution < 1.29 is 23.1 Å². The van der Waals surface area contributed by atoms with E-state index in [1.54, 1.807) is 41.8 Å². The molecule has 4 N–H and O–H groups in total. The number of nitriles is 1. The Kier molecular flexibility index (Phi) is 9.71. The SMILES string of the molecule is Cc1sc2c(c1C)C(c1ccc(-c3ccc(C(=O)NCc4ccc(S(=O)(=O)Nc5ccc(C)c6c(C#N)c[nH]c56)cn4)cc3)cc1)=N[C@@H](CC(=O)O)c1nnc(C)n1-2. The summed E-state index contributed by atoms with van der Waals surface area (Å²) in [5.41, 5.74) is 8.33. The number of H-pyrrole nitrogens is 1. The molecule has 0 radical (unpaired) electrons. The predicted molar refractivity (Wildman–Crippen MR) is 220 cm³/mol. The van der Waals surface area contributed by atoms with Gasteiger partial charge >= 0.3 is 5.97 Å². The standard InChI is InChI=1S/C42H35N9O5S2/c1-22-5-16-33(39-36(22)30(18-43)19-45-39)50-58(55,56)32-15-14-31(44-21-32)20-46-41(54)29-12-8-27(9-13-29)26-6-10-28(11-7-26)38-37-23(2)24(3)57-42(37)51-25(4)48-49-40(51)34(47-38)17-35(52)53/h5-16,19,21,34,45,50H,17,20H2,1-4H3,(H,46,54)(H,52,53)/t34-/m0/s1. The number of aliphatic imine (C=N–C) groups is 1. The predicted octanol–water partition coefficient (Wildman–Crippen LogP) is 7.08. The number of nitrogens with zero attached hydrogens (tertiary/aromatic N) is 6. The lowest BCUT2D eigenvalue weighted by Gasteiger charge is -2.12. The van der Waals surface area contributed by atoms with Gasteiger partial charge in [-0.05, 0) is 80.3 Å². The minimum absolute atomic E-state index is 0.0571. The molecule has 0 aliphatic carbocycles. The number of benzene rings is 3. The first-order valence-electron chi connectivity index (χ1n) is 18.1. The van der Waals surface area contributed by atoms with Crippen LogP contribution in [0.5, 0.6) is 0 Å². The second-order valence-electron chi connectivity index (χ2n) is 13.9. The molecule has 16 heteroatoms. The van der Waals surface area contributed by atoms with Crippen molar-refractivity contribution in [2.24, 2.45) is 4.99 Å². The van der Waals surface area contributed by atoms with Crippen molar-refractivity contribution in [2.45, 2.75) is 51.6 Å². The van der Waals surface area contributed by atoms with Gasteiger partial charge in [0.2, 0.25) is 0 Å². The fourth-order valence-electron chi connectivity index (χ4n) is 7.07. The van der Waals surface area contributed by atoms with Crippen molar-refractivity contribution in [1.29, 1.82) is 5.26 Å². The number of amides is 1. The molecule has 0 saturated heterocycles. The number of sulfonamides is 1. The summed E-state index contributed by atoms with van der Waals surface area (Å²) in [5, 5.41) is 32.2. The van der Waals surface area contributed by atoms with Gasteiger partial charge in [0.1, 0.15) is 27.8 Å². The summed E-state index contributed by atoms with van der Waals surface area (Å²) >= 11 is 1.61. The fourth-order valence-corrected chi connectivity index (χ4v) is 9.30. The molecule has 0 spiro atoms. The van der Waals surface area contributed by atoms with Crippen LogP contribution in [0.3, 0.4) is 0 Å². The van der Waals surface area contributed by atoms with Crippen LogP contribution in [-0.2, 0) is 21.4 Å².